The summed E-state index contributed by atoms with van der Waals surface area (Å²) in [4.78, 5) is 16.9. The molecule has 7 nitrogen and oxygen atoms in total. The van der Waals surface area contributed by atoms with Gasteiger partial charge >= 0.3 is 0 Å². The molecule has 31 heavy (non-hydrogen) atoms. The molecule has 1 aliphatic heterocycles. The maximum Gasteiger partial charge on any atom is 0.250 e. The summed E-state index contributed by atoms with van der Waals surface area (Å²) in [7, 11) is 3.20. The van der Waals surface area contributed by atoms with Crippen LogP contribution in [-0.2, 0) is 4.79 Å². The molecule has 8 heteroatoms. The van der Waals surface area contributed by atoms with E-state index >= 15 is 0 Å². The fraction of sp³-hybridized carbons (Fsp3) is 0.217. The van der Waals surface area contributed by atoms with Crippen molar-refractivity contribution in [2.24, 2.45) is 0 Å². The van der Waals surface area contributed by atoms with Gasteiger partial charge in [-0.1, -0.05) is 6.07 Å². The largest absolute Gasteiger partial charge is 0.497 e. The van der Waals surface area contributed by atoms with Crippen molar-refractivity contribution in [2.75, 3.05) is 32.8 Å². The van der Waals surface area contributed by atoms with Crippen LogP contribution in [0.2, 0.25) is 0 Å². The normalized spacial score (nSPS) is 13.0. The Labute approximate surface area is 184 Å². The summed E-state index contributed by atoms with van der Waals surface area (Å²) >= 11 is 1.34. The molecule has 4 rings (SSSR count). The van der Waals surface area contributed by atoms with Gasteiger partial charge in [0.1, 0.15) is 11.5 Å². The number of ether oxygens (including phenoxy) is 4. The topological polar surface area (TPSA) is 78.9 Å². The minimum Gasteiger partial charge on any atom is -0.497 e. The Kier molecular flexibility index (Phi) is 6.37. The van der Waals surface area contributed by atoms with Crippen molar-refractivity contribution in [3.05, 3.63) is 53.4 Å². The zero-order valence-electron chi connectivity index (χ0n) is 17.2. The van der Waals surface area contributed by atoms with Crippen LogP contribution in [0.3, 0.4) is 0 Å². The number of thiazole rings is 1. The predicted octanol–water partition coefficient (Wildman–Crippen LogP) is 4.64. The van der Waals surface area contributed by atoms with Crippen molar-refractivity contribution < 1.29 is 23.7 Å². The van der Waals surface area contributed by atoms with Crippen LogP contribution in [0, 0.1) is 0 Å². The van der Waals surface area contributed by atoms with Gasteiger partial charge in [0.15, 0.2) is 16.6 Å². The van der Waals surface area contributed by atoms with Crippen LogP contribution in [0.25, 0.3) is 17.3 Å². The summed E-state index contributed by atoms with van der Waals surface area (Å²) in [6.07, 6.45) is 4.04. The van der Waals surface area contributed by atoms with Gasteiger partial charge in [0.25, 0.3) is 0 Å². The molecule has 0 saturated carbocycles. The highest BCUT2D eigenvalue weighted by atomic mass is 32.1. The van der Waals surface area contributed by atoms with E-state index in [1.165, 1.54) is 17.4 Å². The number of hydrogen-bond donors (Lipinski definition) is 1. The second kappa shape index (κ2) is 9.53. The van der Waals surface area contributed by atoms with Crippen molar-refractivity contribution in [1.82, 2.24) is 4.98 Å². The molecular formula is C23H22N2O5S. The van der Waals surface area contributed by atoms with Crippen LogP contribution in [0.15, 0.2) is 47.9 Å². The van der Waals surface area contributed by atoms with Crippen LogP contribution in [0.4, 0.5) is 5.13 Å². The number of aromatic nitrogens is 1. The number of carbonyl (C=O) groups excluding carboxylic acids is 1. The number of carbonyl (C=O) groups is 1. The molecule has 1 aromatic heterocycles. The third kappa shape index (κ3) is 4.97. The molecule has 2 heterocycles. The first-order valence-corrected chi connectivity index (χ1v) is 10.6. The van der Waals surface area contributed by atoms with E-state index in [1.807, 2.05) is 35.7 Å². The van der Waals surface area contributed by atoms with E-state index in [1.54, 1.807) is 26.4 Å². The van der Waals surface area contributed by atoms with Gasteiger partial charge in [0, 0.05) is 29.5 Å². The number of nitrogens with one attached hydrogen (secondary N) is 1. The monoisotopic (exact) mass is 438 g/mol. The van der Waals surface area contributed by atoms with E-state index in [0.29, 0.717) is 41.3 Å². The summed E-state index contributed by atoms with van der Waals surface area (Å²) in [5.41, 5.74) is 2.39. The third-order valence-corrected chi connectivity index (χ3v) is 5.38. The number of anilines is 1. The highest BCUT2D eigenvalue weighted by Crippen LogP contribution is 2.35. The summed E-state index contributed by atoms with van der Waals surface area (Å²) in [6, 6.07) is 11.1. The average molecular weight is 439 g/mol. The predicted molar refractivity (Wildman–Crippen MR) is 120 cm³/mol. The third-order valence-electron chi connectivity index (χ3n) is 4.62. The smallest absolute Gasteiger partial charge is 0.250 e. The molecule has 160 valence electrons. The molecular weight excluding hydrogens is 416 g/mol. The number of nitrogens with zero attached hydrogens (tertiary/aromatic N) is 1. The van der Waals surface area contributed by atoms with E-state index in [9.17, 15) is 4.79 Å². The number of rotatable bonds is 6. The average Bonchev–Trinajstić information content (AvgIpc) is 3.12. The molecule has 0 unspecified atom stereocenters. The summed E-state index contributed by atoms with van der Waals surface area (Å²) in [5.74, 6) is 2.50. The Hall–Kier alpha value is -3.52. The van der Waals surface area contributed by atoms with Crippen LogP contribution in [-0.4, -0.2) is 38.3 Å². The van der Waals surface area contributed by atoms with Gasteiger partial charge in [-0.25, -0.2) is 4.98 Å². The molecule has 2 aromatic carbocycles. The second-order valence-corrected chi connectivity index (χ2v) is 7.54. The summed E-state index contributed by atoms with van der Waals surface area (Å²) in [6.45, 7) is 1.26. The Balaban J connectivity index is 1.43. The van der Waals surface area contributed by atoms with Gasteiger partial charge in [-0.15, -0.1) is 11.3 Å². The number of hydrogen-bond acceptors (Lipinski definition) is 7. The molecule has 1 aliphatic rings. The van der Waals surface area contributed by atoms with Crippen LogP contribution in [0.1, 0.15) is 12.0 Å². The molecule has 1 N–H and O–H groups in total. The van der Waals surface area contributed by atoms with Gasteiger partial charge in [-0.05, 0) is 35.9 Å². The Morgan fingerprint density at radius 1 is 1.10 bits per heavy atom. The first kappa shape index (κ1) is 20.7. The van der Waals surface area contributed by atoms with Crippen molar-refractivity contribution in [3.8, 4) is 34.3 Å². The first-order chi connectivity index (χ1) is 15.2. The fourth-order valence-corrected chi connectivity index (χ4v) is 3.78. The lowest BCUT2D eigenvalue weighted by atomic mass is 10.1. The molecule has 0 saturated heterocycles. The molecule has 0 radical (unpaired) electrons. The van der Waals surface area contributed by atoms with Crippen molar-refractivity contribution in [1.29, 1.82) is 0 Å². The standard InChI is InChI=1S/C23H22N2O5S/c1-27-16-6-7-17(20(13-16)28-2)18-14-31-23(24-18)25-22(26)9-5-15-4-8-19-21(12-15)30-11-3-10-29-19/h4-9,12-14H,3,10-11H2,1-2H3,(H,24,25,26)/b9-5+. The highest BCUT2D eigenvalue weighted by molar-refractivity contribution is 7.14. The quantitative estimate of drug-likeness (QED) is 0.565. The SMILES string of the molecule is COc1ccc(-c2csc(NC(=O)/C=C/c3ccc4c(c3)OCCCO4)n2)c(OC)c1. The van der Waals surface area contributed by atoms with Crippen molar-refractivity contribution in [2.45, 2.75) is 6.42 Å². The van der Waals surface area contributed by atoms with E-state index in [0.717, 1.165) is 23.3 Å². The first-order valence-electron chi connectivity index (χ1n) is 9.73. The zero-order chi connectivity index (χ0) is 21.6. The maximum atomic E-state index is 12.4. The molecule has 0 fully saturated rings. The molecule has 0 atom stereocenters. The highest BCUT2D eigenvalue weighted by Gasteiger charge is 2.13. The lowest BCUT2D eigenvalue weighted by Crippen LogP contribution is -2.07. The molecule has 0 aliphatic carbocycles. The van der Waals surface area contributed by atoms with E-state index in [-0.39, 0.29) is 5.91 Å². The number of benzene rings is 2. The Bertz CT molecular complexity index is 1110. The summed E-state index contributed by atoms with van der Waals surface area (Å²) < 4.78 is 22.0. The van der Waals surface area contributed by atoms with Crippen LogP contribution < -0.4 is 24.3 Å². The summed E-state index contributed by atoms with van der Waals surface area (Å²) in [5, 5.41) is 5.16. The van der Waals surface area contributed by atoms with E-state index < -0.39 is 0 Å². The number of fused-ring (bicyclic) bond motifs is 1. The minimum absolute atomic E-state index is 0.269. The Morgan fingerprint density at radius 3 is 2.74 bits per heavy atom. The van der Waals surface area contributed by atoms with Gasteiger partial charge in [0.2, 0.25) is 5.91 Å². The van der Waals surface area contributed by atoms with E-state index in [2.05, 4.69) is 10.3 Å². The maximum absolute atomic E-state index is 12.4. The van der Waals surface area contributed by atoms with E-state index in [4.69, 9.17) is 18.9 Å². The van der Waals surface area contributed by atoms with Gasteiger partial charge in [-0.2, -0.15) is 0 Å². The van der Waals surface area contributed by atoms with Crippen LogP contribution >= 0.6 is 11.3 Å². The fourth-order valence-electron chi connectivity index (χ4n) is 3.07. The second-order valence-electron chi connectivity index (χ2n) is 6.68. The number of methoxy groups -OCH3 is 2. The molecule has 0 spiro atoms. The molecule has 0 bridgehead atoms. The van der Waals surface area contributed by atoms with Gasteiger partial charge in [-0.3, -0.25) is 10.1 Å². The Morgan fingerprint density at radius 2 is 1.94 bits per heavy atom. The molecule has 3 aromatic rings. The lowest BCUT2D eigenvalue weighted by Gasteiger charge is -2.08. The number of amides is 1. The molecule has 1 amide bonds. The van der Waals surface area contributed by atoms with Crippen LogP contribution in [0.5, 0.6) is 23.0 Å². The zero-order valence-corrected chi connectivity index (χ0v) is 18.0. The van der Waals surface area contributed by atoms with Crippen molar-refractivity contribution in [3.63, 3.8) is 0 Å². The van der Waals surface area contributed by atoms with Gasteiger partial charge in [0.05, 0.1) is 33.1 Å². The lowest BCUT2D eigenvalue weighted by molar-refractivity contribution is -0.111. The van der Waals surface area contributed by atoms with Gasteiger partial charge < -0.3 is 18.9 Å². The minimum atomic E-state index is -0.269. The van der Waals surface area contributed by atoms with Crippen molar-refractivity contribution >= 4 is 28.5 Å².